The predicted octanol–water partition coefficient (Wildman–Crippen LogP) is 0.355. The van der Waals surface area contributed by atoms with E-state index in [-0.39, 0.29) is 6.23 Å². The standard InChI is InChI=1S/C4H7NO2/c1-4-5-7-3-2-6-4/h2-5H,1H3. The second kappa shape index (κ2) is 1.84. The van der Waals surface area contributed by atoms with Crippen LogP contribution in [0, 0.1) is 0 Å². The van der Waals surface area contributed by atoms with Crippen molar-refractivity contribution in [2.24, 2.45) is 0 Å². The van der Waals surface area contributed by atoms with Crippen LogP contribution in [0.3, 0.4) is 0 Å². The quantitative estimate of drug-likeness (QED) is 0.477. The van der Waals surface area contributed by atoms with Crippen molar-refractivity contribution in [2.45, 2.75) is 13.2 Å². The summed E-state index contributed by atoms with van der Waals surface area (Å²) < 4.78 is 4.86. The molecule has 0 saturated carbocycles. The van der Waals surface area contributed by atoms with Crippen molar-refractivity contribution in [1.82, 2.24) is 5.48 Å². The molecule has 1 rings (SSSR count). The molecule has 3 nitrogen and oxygen atoms in total. The van der Waals surface area contributed by atoms with Crippen molar-refractivity contribution in [3.63, 3.8) is 0 Å². The molecule has 0 bridgehead atoms. The summed E-state index contributed by atoms with van der Waals surface area (Å²) >= 11 is 0. The zero-order valence-electron chi connectivity index (χ0n) is 4.05. The topological polar surface area (TPSA) is 30.5 Å². The van der Waals surface area contributed by atoms with Gasteiger partial charge in [-0.3, -0.25) is 0 Å². The average Bonchev–Trinajstić information content (AvgIpc) is 1.69. The van der Waals surface area contributed by atoms with E-state index in [2.05, 4.69) is 10.3 Å². The van der Waals surface area contributed by atoms with Gasteiger partial charge < -0.3 is 9.57 Å². The minimum Gasteiger partial charge on any atom is -0.477 e. The van der Waals surface area contributed by atoms with E-state index in [1.807, 2.05) is 6.92 Å². The van der Waals surface area contributed by atoms with E-state index in [1.165, 1.54) is 12.5 Å². The number of rotatable bonds is 0. The van der Waals surface area contributed by atoms with Crippen molar-refractivity contribution in [1.29, 1.82) is 0 Å². The Bertz CT molecular complexity index is 81.8. The van der Waals surface area contributed by atoms with Gasteiger partial charge in [0.1, 0.15) is 12.5 Å². The summed E-state index contributed by atoms with van der Waals surface area (Å²) in [5.41, 5.74) is 2.57. The molecular weight excluding hydrogens is 94.0 g/mol. The van der Waals surface area contributed by atoms with E-state index in [9.17, 15) is 0 Å². The van der Waals surface area contributed by atoms with Crippen molar-refractivity contribution in [3.05, 3.63) is 12.5 Å². The Morgan fingerprint density at radius 2 is 2.43 bits per heavy atom. The van der Waals surface area contributed by atoms with Crippen LogP contribution in [-0.2, 0) is 9.57 Å². The van der Waals surface area contributed by atoms with Gasteiger partial charge in [0.25, 0.3) is 0 Å². The van der Waals surface area contributed by atoms with E-state index in [1.54, 1.807) is 0 Å². The maximum Gasteiger partial charge on any atom is 0.177 e. The molecule has 0 aromatic carbocycles. The SMILES string of the molecule is CC1NOC=CO1. The first-order chi connectivity index (χ1) is 3.39. The van der Waals surface area contributed by atoms with Crippen molar-refractivity contribution in [3.8, 4) is 0 Å². The summed E-state index contributed by atoms with van der Waals surface area (Å²) in [6, 6.07) is 0. The van der Waals surface area contributed by atoms with Gasteiger partial charge in [0, 0.05) is 0 Å². The van der Waals surface area contributed by atoms with Crippen molar-refractivity contribution < 1.29 is 9.57 Å². The Kier molecular flexibility index (Phi) is 1.17. The minimum atomic E-state index is -0.0231. The summed E-state index contributed by atoms with van der Waals surface area (Å²) in [5, 5.41) is 0. The Labute approximate surface area is 41.9 Å². The smallest absolute Gasteiger partial charge is 0.177 e. The molecule has 1 unspecified atom stereocenters. The second-order valence-electron chi connectivity index (χ2n) is 1.29. The van der Waals surface area contributed by atoms with Crippen LogP contribution in [0.25, 0.3) is 0 Å². The van der Waals surface area contributed by atoms with Crippen LogP contribution in [0.15, 0.2) is 12.5 Å². The lowest BCUT2D eigenvalue weighted by atomic mass is 10.7. The maximum atomic E-state index is 4.86. The lowest BCUT2D eigenvalue weighted by Gasteiger charge is -2.15. The molecule has 40 valence electrons. The van der Waals surface area contributed by atoms with Gasteiger partial charge in [-0.15, -0.1) is 5.48 Å². The highest BCUT2D eigenvalue weighted by Gasteiger charge is 1.99. The molecule has 0 aromatic rings. The highest BCUT2D eigenvalue weighted by molar-refractivity contribution is 4.64. The van der Waals surface area contributed by atoms with E-state index >= 15 is 0 Å². The summed E-state index contributed by atoms with van der Waals surface area (Å²) in [6.07, 6.45) is 2.92. The fraction of sp³-hybridized carbons (Fsp3) is 0.500. The van der Waals surface area contributed by atoms with Crippen LogP contribution in [0.1, 0.15) is 6.92 Å². The molecule has 1 heterocycles. The molecule has 0 aliphatic carbocycles. The molecular formula is C4H7NO2. The molecule has 0 fully saturated rings. The number of hydrogen-bond acceptors (Lipinski definition) is 3. The van der Waals surface area contributed by atoms with E-state index in [0.29, 0.717) is 0 Å². The fourth-order valence-corrected chi connectivity index (χ4v) is 0.341. The monoisotopic (exact) mass is 101 g/mol. The summed E-state index contributed by atoms with van der Waals surface area (Å²) in [7, 11) is 0. The number of hydroxylamine groups is 1. The summed E-state index contributed by atoms with van der Waals surface area (Å²) in [5.74, 6) is 0. The third-order valence-electron chi connectivity index (χ3n) is 0.640. The van der Waals surface area contributed by atoms with Crippen LogP contribution in [0.2, 0.25) is 0 Å². The predicted molar refractivity (Wildman–Crippen MR) is 23.9 cm³/mol. The molecule has 0 saturated heterocycles. The van der Waals surface area contributed by atoms with Crippen LogP contribution in [-0.4, -0.2) is 6.23 Å². The van der Waals surface area contributed by atoms with Gasteiger partial charge >= 0.3 is 0 Å². The van der Waals surface area contributed by atoms with Crippen LogP contribution >= 0.6 is 0 Å². The zero-order chi connectivity index (χ0) is 5.11. The Morgan fingerprint density at radius 3 is 2.71 bits per heavy atom. The first-order valence-electron chi connectivity index (χ1n) is 2.11. The Morgan fingerprint density at radius 1 is 1.57 bits per heavy atom. The molecule has 1 aliphatic rings. The van der Waals surface area contributed by atoms with Gasteiger partial charge in [0.05, 0.1) is 0 Å². The van der Waals surface area contributed by atoms with Crippen molar-refractivity contribution >= 4 is 0 Å². The Balaban J connectivity index is 2.32. The van der Waals surface area contributed by atoms with Crippen molar-refractivity contribution in [2.75, 3.05) is 0 Å². The molecule has 1 atom stereocenters. The van der Waals surface area contributed by atoms with Gasteiger partial charge in [-0.1, -0.05) is 0 Å². The van der Waals surface area contributed by atoms with E-state index < -0.39 is 0 Å². The van der Waals surface area contributed by atoms with Crippen LogP contribution < -0.4 is 5.48 Å². The molecule has 1 aliphatic heterocycles. The van der Waals surface area contributed by atoms with E-state index in [4.69, 9.17) is 4.74 Å². The van der Waals surface area contributed by atoms with Gasteiger partial charge in [-0.25, -0.2) is 0 Å². The largest absolute Gasteiger partial charge is 0.477 e. The molecule has 0 aromatic heterocycles. The maximum absolute atomic E-state index is 4.86. The second-order valence-corrected chi connectivity index (χ2v) is 1.29. The highest BCUT2D eigenvalue weighted by Crippen LogP contribution is 1.92. The first-order valence-corrected chi connectivity index (χ1v) is 2.11. The molecule has 3 heteroatoms. The van der Waals surface area contributed by atoms with Gasteiger partial charge in [0.15, 0.2) is 6.23 Å². The van der Waals surface area contributed by atoms with Gasteiger partial charge in [-0.2, -0.15) is 0 Å². The third kappa shape index (κ3) is 1.08. The summed E-state index contributed by atoms with van der Waals surface area (Å²) in [4.78, 5) is 4.63. The molecule has 7 heavy (non-hydrogen) atoms. The number of hydrogen-bond donors (Lipinski definition) is 1. The normalized spacial score (nSPS) is 28.4. The van der Waals surface area contributed by atoms with Crippen LogP contribution in [0.4, 0.5) is 0 Å². The van der Waals surface area contributed by atoms with E-state index in [0.717, 1.165) is 0 Å². The van der Waals surface area contributed by atoms with Gasteiger partial charge in [-0.05, 0) is 6.92 Å². The molecule has 0 spiro atoms. The first kappa shape index (κ1) is 4.46. The third-order valence-corrected chi connectivity index (χ3v) is 0.640. The van der Waals surface area contributed by atoms with Gasteiger partial charge in [0.2, 0.25) is 0 Å². The average molecular weight is 101 g/mol. The lowest BCUT2D eigenvalue weighted by molar-refractivity contribution is -0.0393. The van der Waals surface area contributed by atoms with Crippen LogP contribution in [0.5, 0.6) is 0 Å². The molecule has 0 amide bonds. The fourth-order valence-electron chi connectivity index (χ4n) is 0.341. The lowest BCUT2D eigenvalue weighted by Crippen LogP contribution is -2.28. The number of ether oxygens (including phenoxy) is 1. The number of nitrogens with one attached hydrogen (secondary N) is 1. The zero-order valence-corrected chi connectivity index (χ0v) is 4.05. The minimum absolute atomic E-state index is 0.0231. The Hall–Kier alpha value is -0.700. The molecule has 0 radical (unpaired) electrons. The highest BCUT2D eigenvalue weighted by atomic mass is 16.7. The summed E-state index contributed by atoms with van der Waals surface area (Å²) in [6.45, 7) is 1.85. The molecule has 1 N–H and O–H groups in total.